The van der Waals surface area contributed by atoms with Crippen LogP contribution in [-0.4, -0.2) is 10.9 Å². The van der Waals surface area contributed by atoms with E-state index >= 15 is 0 Å². The van der Waals surface area contributed by atoms with E-state index in [4.69, 9.17) is 18.0 Å². The van der Waals surface area contributed by atoms with Gasteiger partial charge in [-0.1, -0.05) is 32.1 Å². The molecule has 0 aliphatic carbocycles. The summed E-state index contributed by atoms with van der Waals surface area (Å²) in [6.07, 6.45) is 1.15. The van der Waals surface area contributed by atoms with E-state index in [2.05, 4.69) is 37.2 Å². The number of hydrogen-bond donors (Lipinski definition) is 2. The quantitative estimate of drug-likeness (QED) is 0.717. The number of hydrogen-bond acceptors (Lipinski definition) is 2. The summed E-state index contributed by atoms with van der Waals surface area (Å²) in [5.41, 5.74) is 5.66. The van der Waals surface area contributed by atoms with Crippen LogP contribution in [0.25, 0.3) is 0 Å². The van der Waals surface area contributed by atoms with Crippen LogP contribution < -0.4 is 11.1 Å². The first-order valence-corrected chi connectivity index (χ1v) is 7.93. The molecule has 0 saturated carbocycles. The summed E-state index contributed by atoms with van der Waals surface area (Å²) in [6.45, 7) is 3.83. The Bertz CT molecular complexity index is 481. The average molecular weight is 408 g/mol. The van der Waals surface area contributed by atoms with Crippen LogP contribution in [0.3, 0.4) is 0 Å². The van der Waals surface area contributed by atoms with Gasteiger partial charge in [0.05, 0.1) is 16.1 Å². The number of nitrogens with two attached hydrogens (primary N) is 1. The zero-order valence-electron chi connectivity index (χ0n) is 10.8. The minimum absolute atomic E-state index is 0.169. The van der Waals surface area contributed by atoms with Crippen molar-refractivity contribution in [2.45, 2.75) is 26.7 Å². The molecule has 0 bridgehead atoms. The Kier molecular flexibility index (Phi) is 5.95. The molecular formula is C13H16Br2N2OS. The standard InChI is InChI=1S/C13H16Br2N2OS/c1-3-13(4-2,11(16)19)12(18)17-10-8(14)6-5-7-9(10)15/h5-7H,3-4H2,1-2H3,(H2,16,19)(H,17,18). The lowest BCUT2D eigenvalue weighted by molar-refractivity contribution is -0.122. The molecule has 1 amide bonds. The normalized spacial score (nSPS) is 11.2. The highest BCUT2D eigenvalue weighted by molar-refractivity contribution is 9.11. The third kappa shape index (κ3) is 3.35. The summed E-state index contributed by atoms with van der Waals surface area (Å²) in [7, 11) is 0. The molecule has 0 heterocycles. The van der Waals surface area contributed by atoms with Crippen molar-refractivity contribution in [2.75, 3.05) is 5.32 Å². The van der Waals surface area contributed by atoms with Crippen molar-refractivity contribution >= 4 is 60.7 Å². The molecule has 0 atom stereocenters. The minimum Gasteiger partial charge on any atom is -0.392 e. The van der Waals surface area contributed by atoms with E-state index in [0.29, 0.717) is 18.5 Å². The van der Waals surface area contributed by atoms with E-state index in [9.17, 15) is 4.79 Å². The van der Waals surface area contributed by atoms with Crippen molar-refractivity contribution in [3.05, 3.63) is 27.1 Å². The molecule has 104 valence electrons. The monoisotopic (exact) mass is 406 g/mol. The predicted octanol–water partition coefficient (Wildman–Crippen LogP) is 4.24. The number of thiocarbonyl (C=S) groups is 1. The van der Waals surface area contributed by atoms with Gasteiger partial charge >= 0.3 is 0 Å². The van der Waals surface area contributed by atoms with E-state index in [1.807, 2.05) is 32.0 Å². The topological polar surface area (TPSA) is 55.1 Å². The Labute approximate surface area is 135 Å². The lowest BCUT2D eigenvalue weighted by atomic mass is 9.81. The third-order valence-corrected chi connectivity index (χ3v) is 5.03. The number of anilines is 1. The van der Waals surface area contributed by atoms with E-state index in [0.717, 1.165) is 8.95 Å². The summed E-state index contributed by atoms with van der Waals surface area (Å²) in [6, 6.07) is 5.60. The highest BCUT2D eigenvalue weighted by atomic mass is 79.9. The van der Waals surface area contributed by atoms with Gasteiger partial charge in [0.15, 0.2) is 0 Å². The van der Waals surface area contributed by atoms with Crippen LogP contribution in [0.5, 0.6) is 0 Å². The van der Waals surface area contributed by atoms with E-state index < -0.39 is 5.41 Å². The highest BCUT2D eigenvalue weighted by Gasteiger charge is 2.38. The number of nitrogens with one attached hydrogen (secondary N) is 1. The van der Waals surface area contributed by atoms with Gasteiger partial charge < -0.3 is 11.1 Å². The molecule has 3 N–H and O–H groups in total. The van der Waals surface area contributed by atoms with Gasteiger partial charge in [-0.05, 0) is 56.8 Å². The summed E-state index contributed by atoms with van der Waals surface area (Å²) in [4.78, 5) is 12.8. The van der Waals surface area contributed by atoms with Gasteiger partial charge in [-0.2, -0.15) is 0 Å². The minimum atomic E-state index is -0.802. The molecule has 0 fully saturated rings. The molecule has 0 aliphatic rings. The third-order valence-electron chi connectivity index (χ3n) is 3.31. The summed E-state index contributed by atoms with van der Waals surface area (Å²) < 4.78 is 1.61. The molecule has 0 radical (unpaired) electrons. The Balaban J connectivity index is 3.11. The van der Waals surface area contributed by atoms with Gasteiger partial charge in [-0.15, -0.1) is 0 Å². The number of amides is 1. The predicted molar refractivity (Wildman–Crippen MR) is 90.3 cm³/mol. The molecule has 1 aromatic rings. The molecule has 0 aliphatic heterocycles. The molecular weight excluding hydrogens is 392 g/mol. The number of carbonyl (C=O) groups excluding carboxylic acids is 1. The smallest absolute Gasteiger partial charge is 0.237 e. The Morgan fingerprint density at radius 2 is 1.79 bits per heavy atom. The van der Waals surface area contributed by atoms with Gasteiger partial charge in [0, 0.05) is 8.95 Å². The van der Waals surface area contributed by atoms with E-state index in [-0.39, 0.29) is 10.9 Å². The number of rotatable bonds is 5. The van der Waals surface area contributed by atoms with Gasteiger partial charge in [0.2, 0.25) is 5.91 Å². The van der Waals surface area contributed by atoms with Crippen molar-refractivity contribution in [3.63, 3.8) is 0 Å². The maximum Gasteiger partial charge on any atom is 0.237 e. The lowest BCUT2D eigenvalue weighted by Crippen LogP contribution is -2.45. The fourth-order valence-corrected chi connectivity index (χ4v) is 3.46. The van der Waals surface area contributed by atoms with Crippen molar-refractivity contribution in [2.24, 2.45) is 11.1 Å². The van der Waals surface area contributed by atoms with Crippen LogP contribution >= 0.6 is 44.1 Å². The molecule has 6 heteroatoms. The van der Waals surface area contributed by atoms with Crippen molar-refractivity contribution < 1.29 is 4.79 Å². The second-order valence-corrected chi connectivity index (χ2v) is 6.35. The molecule has 0 unspecified atom stereocenters. The molecule has 0 saturated heterocycles. The van der Waals surface area contributed by atoms with Crippen LogP contribution in [-0.2, 0) is 4.79 Å². The van der Waals surface area contributed by atoms with Gasteiger partial charge in [-0.3, -0.25) is 4.79 Å². The van der Waals surface area contributed by atoms with Crippen LogP contribution in [0.2, 0.25) is 0 Å². The number of carbonyl (C=O) groups is 1. The van der Waals surface area contributed by atoms with Crippen LogP contribution in [0.15, 0.2) is 27.1 Å². The van der Waals surface area contributed by atoms with Crippen molar-refractivity contribution in [1.82, 2.24) is 0 Å². The molecule has 0 spiro atoms. The van der Waals surface area contributed by atoms with Crippen LogP contribution in [0.1, 0.15) is 26.7 Å². The average Bonchev–Trinajstić information content (AvgIpc) is 2.36. The lowest BCUT2D eigenvalue weighted by Gasteiger charge is -2.29. The van der Waals surface area contributed by atoms with Crippen molar-refractivity contribution in [3.8, 4) is 0 Å². The molecule has 0 aromatic heterocycles. The molecule has 1 rings (SSSR count). The Morgan fingerprint density at radius 3 is 2.16 bits per heavy atom. The fourth-order valence-electron chi connectivity index (χ4n) is 1.88. The van der Waals surface area contributed by atoms with Crippen LogP contribution in [0.4, 0.5) is 5.69 Å². The van der Waals surface area contributed by atoms with Gasteiger partial charge in [-0.25, -0.2) is 0 Å². The van der Waals surface area contributed by atoms with Gasteiger partial charge in [0.1, 0.15) is 0 Å². The zero-order valence-corrected chi connectivity index (χ0v) is 14.8. The second-order valence-electron chi connectivity index (χ2n) is 4.20. The van der Waals surface area contributed by atoms with Crippen LogP contribution in [0, 0.1) is 5.41 Å². The highest BCUT2D eigenvalue weighted by Crippen LogP contribution is 2.34. The van der Waals surface area contributed by atoms with E-state index in [1.165, 1.54) is 0 Å². The largest absolute Gasteiger partial charge is 0.392 e. The number of para-hydroxylation sites is 1. The fraction of sp³-hybridized carbons (Fsp3) is 0.385. The van der Waals surface area contributed by atoms with Crippen molar-refractivity contribution in [1.29, 1.82) is 0 Å². The molecule has 1 aromatic carbocycles. The van der Waals surface area contributed by atoms with Gasteiger partial charge in [0.25, 0.3) is 0 Å². The second kappa shape index (κ2) is 6.81. The summed E-state index contributed by atoms with van der Waals surface area (Å²) in [5.74, 6) is -0.169. The Hall–Kier alpha value is -0.460. The SMILES string of the molecule is CCC(CC)(C(=O)Nc1c(Br)cccc1Br)C(N)=S. The van der Waals surface area contributed by atoms with E-state index in [1.54, 1.807) is 0 Å². The first-order chi connectivity index (χ1) is 8.89. The first-order valence-electron chi connectivity index (χ1n) is 5.94. The Morgan fingerprint density at radius 1 is 1.32 bits per heavy atom. The maximum absolute atomic E-state index is 12.5. The first kappa shape index (κ1) is 16.6. The zero-order chi connectivity index (χ0) is 14.6. The summed E-state index contributed by atoms with van der Waals surface area (Å²) in [5, 5.41) is 2.90. The number of benzene rings is 1. The molecule has 3 nitrogen and oxygen atoms in total. The molecule has 19 heavy (non-hydrogen) atoms. The maximum atomic E-state index is 12.5. The number of halogens is 2. The summed E-state index contributed by atoms with van der Waals surface area (Å²) >= 11 is 11.9.